The van der Waals surface area contributed by atoms with Crippen LogP contribution in [0, 0.1) is 0 Å². The zero-order valence-corrected chi connectivity index (χ0v) is 35.9. The smallest absolute Gasteiger partial charge is 0.457 e. The van der Waals surface area contributed by atoms with Crippen molar-refractivity contribution in [1.82, 2.24) is 0 Å². The standard InChI is InChI=1S/C44H80NO8P/c1-6-8-10-12-14-16-18-19-20-21-23-25-29-33-38-50-40-43(41-52-54(48,49)51-39-37-45(3,4)5)53-44(47)36-32-28-27-31-35-42(46)34-30-26-24-22-17-15-13-11-9-7-2/h9,11,15,17,24,26-27,30-31,34,42-43,46H,6-8,10,12-14,16,18-23,25,28-29,32-33,35-41H2,1-5H3/p+1/b11-9-,17-15-,26-24-,31-27-,34-30+. The van der Waals surface area contributed by atoms with Gasteiger partial charge in [-0.3, -0.25) is 13.8 Å². The van der Waals surface area contributed by atoms with Crippen LogP contribution in [0.5, 0.6) is 0 Å². The molecule has 0 aromatic heterocycles. The third-order valence-electron chi connectivity index (χ3n) is 8.67. The fourth-order valence-corrected chi connectivity index (χ4v) is 6.12. The summed E-state index contributed by atoms with van der Waals surface area (Å²) in [7, 11) is 1.57. The number of carbonyl (C=O) groups is 1. The maximum Gasteiger partial charge on any atom is 0.472 e. The lowest BCUT2D eigenvalue weighted by Crippen LogP contribution is -2.37. The number of carbonyl (C=O) groups excluding carboxylic acids is 1. The van der Waals surface area contributed by atoms with Crippen LogP contribution >= 0.6 is 7.82 Å². The van der Waals surface area contributed by atoms with Gasteiger partial charge in [0.2, 0.25) is 0 Å². The molecule has 0 saturated carbocycles. The molecule has 3 unspecified atom stereocenters. The minimum Gasteiger partial charge on any atom is -0.457 e. The lowest BCUT2D eigenvalue weighted by atomic mass is 10.0. The molecule has 0 bridgehead atoms. The van der Waals surface area contributed by atoms with Crippen LogP contribution in [0.15, 0.2) is 60.8 Å². The normalized spacial score (nSPS) is 15.0. The highest BCUT2D eigenvalue weighted by atomic mass is 31.2. The van der Waals surface area contributed by atoms with Gasteiger partial charge < -0.3 is 24.0 Å². The van der Waals surface area contributed by atoms with Crippen LogP contribution in [-0.4, -0.2) is 86.8 Å². The maximum atomic E-state index is 12.7. The molecule has 0 radical (unpaired) electrons. The summed E-state index contributed by atoms with van der Waals surface area (Å²) in [4.78, 5) is 22.8. The number of phosphoric ester groups is 1. The Morgan fingerprint density at radius 3 is 1.89 bits per heavy atom. The second kappa shape index (κ2) is 36.8. The number of allylic oxidation sites excluding steroid dienone is 8. The van der Waals surface area contributed by atoms with E-state index in [9.17, 15) is 19.4 Å². The first-order chi connectivity index (χ1) is 26.0. The molecule has 0 aliphatic rings. The van der Waals surface area contributed by atoms with Crippen LogP contribution in [-0.2, 0) is 27.9 Å². The number of hydrogen-bond donors (Lipinski definition) is 2. The van der Waals surface area contributed by atoms with Gasteiger partial charge in [0.05, 0.1) is 40.5 Å². The molecule has 0 heterocycles. The van der Waals surface area contributed by atoms with Crippen molar-refractivity contribution in [3.8, 4) is 0 Å². The number of aliphatic hydroxyl groups excluding tert-OH is 1. The molecule has 0 rings (SSSR count). The van der Waals surface area contributed by atoms with Crippen molar-refractivity contribution >= 4 is 13.8 Å². The van der Waals surface area contributed by atoms with Gasteiger partial charge in [-0.15, -0.1) is 0 Å². The first kappa shape index (κ1) is 52.2. The van der Waals surface area contributed by atoms with Gasteiger partial charge in [-0.2, -0.15) is 0 Å². The molecule has 0 aliphatic heterocycles. The Labute approximate surface area is 331 Å². The second-order valence-corrected chi connectivity index (χ2v) is 16.7. The zero-order chi connectivity index (χ0) is 40.0. The van der Waals surface area contributed by atoms with E-state index in [0.717, 1.165) is 32.1 Å². The summed E-state index contributed by atoms with van der Waals surface area (Å²) >= 11 is 0. The molecule has 0 aliphatic carbocycles. The third-order valence-corrected chi connectivity index (χ3v) is 9.66. The summed E-state index contributed by atoms with van der Waals surface area (Å²) in [5.74, 6) is -0.419. The third kappa shape index (κ3) is 39.8. The van der Waals surface area contributed by atoms with Gasteiger partial charge in [-0.05, 0) is 44.9 Å². The Morgan fingerprint density at radius 2 is 1.28 bits per heavy atom. The molecular weight excluding hydrogens is 701 g/mol. The Hall–Kier alpha value is -1.84. The fourth-order valence-electron chi connectivity index (χ4n) is 5.38. The minimum absolute atomic E-state index is 0.0602. The number of hydrogen-bond acceptors (Lipinski definition) is 7. The number of ether oxygens (including phenoxy) is 2. The van der Waals surface area contributed by atoms with E-state index in [1.807, 2.05) is 51.5 Å². The highest BCUT2D eigenvalue weighted by molar-refractivity contribution is 7.47. The Kier molecular flexibility index (Phi) is 35.5. The van der Waals surface area contributed by atoms with Gasteiger partial charge in [0.15, 0.2) is 0 Å². The molecule has 54 heavy (non-hydrogen) atoms. The van der Waals surface area contributed by atoms with E-state index >= 15 is 0 Å². The molecular formula is C44H81NO8P+. The summed E-state index contributed by atoms with van der Waals surface area (Å²) in [6, 6.07) is 0. The van der Waals surface area contributed by atoms with Gasteiger partial charge in [-0.25, -0.2) is 4.57 Å². The van der Waals surface area contributed by atoms with E-state index < -0.39 is 26.0 Å². The average Bonchev–Trinajstić information content (AvgIpc) is 3.11. The predicted molar refractivity (Wildman–Crippen MR) is 225 cm³/mol. The zero-order valence-electron chi connectivity index (χ0n) is 35.1. The van der Waals surface area contributed by atoms with E-state index in [1.165, 1.54) is 77.0 Å². The van der Waals surface area contributed by atoms with Crippen molar-refractivity contribution in [2.24, 2.45) is 0 Å². The molecule has 2 N–H and O–H groups in total. The van der Waals surface area contributed by atoms with Crippen LogP contribution in [0.2, 0.25) is 0 Å². The highest BCUT2D eigenvalue weighted by Crippen LogP contribution is 2.43. The number of esters is 1. The molecule has 0 saturated heterocycles. The largest absolute Gasteiger partial charge is 0.472 e. The monoisotopic (exact) mass is 783 g/mol. The number of likely N-dealkylation sites (N-methyl/N-ethyl adjacent to an activating group) is 1. The summed E-state index contributed by atoms with van der Waals surface area (Å²) in [6.07, 6.45) is 41.4. The van der Waals surface area contributed by atoms with Crippen LogP contribution < -0.4 is 0 Å². The van der Waals surface area contributed by atoms with Crippen molar-refractivity contribution in [1.29, 1.82) is 0 Å². The highest BCUT2D eigenvalue weighted by Gasteiger charge is 2.26. The Balaban J connectivity index is 4.46. The van der Waals surface area contributed by atoms with Crippen LogP contribution in [0.4, 0.5) is 0 Å². The summed E-state index contributed by atoms with van der Waals surface area (Å²) in [5.41, 5.74) is 0. The van der Waals surface area contributed by atoms with Crippen LogP contribution in [0.25, 0.3) is 0 Å². The minimum atomic E-state index is -4.31. The van der Waals surface area contributed by atoms with Gasteiger partial charge in [0.25, 0.3) is 0 Å². The molecule has 0 aromatic carbocycles. The van der Waals surface area contributed by atoms with Gasteiger partial charge >= 0.3 is 13.8 Å². The number of nitrogens with zero attached hydrogens (tertiary/aromatic N) is 1. The van der Waals surface area contributed by atoms with E-state index in [0.29, 0.717) is 36.9 Å². The molecule has 9 nitrogen and oxygen atoms in total. The average molecular weight is 783 g/mol. The second-order valence-electron chi connectivity index (χ2n) is 15.2. The van der Waals surface area contributed by atoms with Crippen molar-refractivity contribution in [2.75, 3.05) is 54.1 Å². The quantitative estimate of drug-likeness (QED) is 0.0159. The van der Waals surface area contributed by atoms with E-state index in [4.69, 9.17) is 18.5 Å². The predicted octanol–water partition coefficient (Wildman–Crippen LogP) is 11.1. The van der Waals surface area contributed by atoms with Crippen molar-refractivity contribution < 1.29 is 42.4 Å². The van der Waals surface area contributed by atoms with E-state index in [2.05, 4.69) is 38.2 Å². The SMILES string of the molecule is CC/C=C\C/C=C\C/C=C\C=C\C(O)C/C=C\CCCC(=O)OC(COCCCCCCCCCCCCCCCC)COP(=O)(O)OCC[N+](C)(C)C. The summed E-state index contributed by atoms with van der Waals surface area (Å²) in [5, 5.41) is 10.2. The van der Waals surface area contributed by atoms with Gasteiger partial charge in [0.1, 0.15) is 19.3 Å². The molecule has 314 valence electrons. The van der Waals surface area contributed by atoms with Crippen LogP contribution in [0.3, 0.4) is 0 Å². The summed E-state index contributed by atoms with van der Waals surface area (Å²) in [6.45, 7) is 5.29. The van der Waals surface area contributed by atoms with E-state index in [-0.39, 0.29) is 26.2 Å². The first-order valence-corrected chi connectivity index (χ1v) is 22.6. The fraction of sp³-hybridized carbons (Fsp3) is 0.750. The molecule has 10 heteroatoms. The molecule has 0 aromatic rings. The van der Waals surface area contributed by atoms with Crippen LogP contribution in [0.1, 0.15) is 149 Å². The van der Waals surface area contributed by atoms with Gasteiger partial charge in [0, 0.05) is 13.0 Å². The molecule has 0 fully saturated rings. The molecule has 3 atom stereocenters. The van der Waals surface area contributed by atoms with Crippen molar-refractivity contribution in [3.05, 3.63) is 60.8 Å². The number of aliphatic hydroxyl groups is 1. The first-order valence-electron chi connectivity index (χ1n) is 21.1. The van der Waals surface area contributed by atoms with Crippen molar-refractivity contribution in [2.45, 2.75) is 161 Å². The van der Waals surface area contributed by atoms with E-state index in [1.54, 1.807) is 6.08 Å². The van der Waals surface area contributed by atoms with Gasteiger partial charge in [-0.1, -0.05) is 158 Å². The number of phosphoric acid groups is 1. The number of unbranched alkanes of at least 4 members (excludes halogenated alkanes) is 14. The summed E-state index contributed by atoms with van der Waals surface area (Å²) < 4.78 is 34.8. The number of rotatable bonds is 38. The lowest BCUT2D eigenvalue weighted by Gasteiger charge is -2.24. The molecule has 0 spiro atoms. The number of quaternary nitrogens is 1. The van der Waals surface area contributed by atoms with Crippen molar-refractivity contribution in [3.63, 3.8) is 0 Å². The Morgan fingerprint density at radius 1 is 0.685 bits per heavy atom. The Bertz CT molecular complexity index is 1070. The lowest BCUT2D eigenvalue weighted by molar-refractivity contribution is -0.870. The topological polar surface area (TPSA) is 112 Å². The maximum absolute atomic E-state index is 12.7. The molecule has 0 amide bonds.